The van der Waals surface area contributed by atoms with Crippen LogP contribution >= 0.6 is 10.7 Å². The average molecular weight is 130 g/mol. The molecule has 0 aliphatic rings. The number of rotatable bonds is 2. The second-order valence-electron chi connectivity index (χ2n) is 0.343. The molecule has 0 aliphatic carbocycles. The fourth-order valence-electron chi connectivity index (χ4n) is 0.0239. The predicted molar refractivity (Wildman–Crippen MR) is 20.9 cm³/mol. The zero-order chi connectivity index (χ0) is 4.99. The predicted octanol–water partition coefficient (Wildman–Crippen LogP) is 0.502. The molecule has 0 N–H and O–H groups in total. The average Bonchev–Trinajstić information content (AvgIpc) is 1.35. The molecule has 0 saturated carbocycles. The first-order valence-corrected chi connectivity index (χ1v) is 2.75. The first-order chi connectivity index (χ1) is 2.77. The van der Waals surface area contributed by atoms with Gasteiger partial charge in [-0.2, -0.15) is 4.21 Å². The minimum Gasteiger partial charge on any atom is -0.240 e. The minimum absolute atomic E-state index is 1.75. The van der Waals surface area contributed by atoms with E-state index >= 15 is 0 Å². The standard InChI is InChI=1S/ClNO3S/c1-6(4)5-2-3. The lowest BCUT2D eigenvalue weighted by atomic mass is 13.4. The normalized spacial score (nSPS) is 12.8. The largest absolute Gasteiger partial charge is 0.333 e. The highest BCUT2D eigenvalue weighted by Crippen LogP contribution is 1.88. The molecule has 0 aromatic carbocycles. The van der Waals surface area contributed by atoms with Crippen LogP contribution in [0.5, 0.6) is 0 Å². The molecule has 0 rings (SSSR count). The number of halogens is 1. The van der Waals surface area contributed by atoms with Crippen molar-refractivity contribution in [2.45, 2.75) is 0 Å². The highest BCUT2D eigenvalue weighted by Gasteiger charge is 1.85. The van der Waals surface area contributed by atoms with Gasteiger partial charge >= 0.3 is 10.3 Å². The van der Waals surface area contributed by atoms with Crippen molar-refractivity contribution in [3.63, 3.8) is 0 Å². The third-order valence-corrected chi connectivity index (χ3v) is 0.436. The fraction of sp³-hybridized carbons (Fsp3) is 0. The van der Waals surface area contributed by atoms with Crippen LogP contribution in [-0.4, -0.2) is 4.21 Å². The summed E-state index contributed by atoms with van der Waals surface area (Å²) < 4.78 is 12.8. The molecule has 1 unspecified atom stereocenters. The zero-order valence-electron chi connectivity index (χ0n) is 2.46. The van der Waals surface area contributed by atoms with Crippen molar-refractivity contribution in [2.24, 2.45) is 5.34 Å². The van der Waals surface area contributed by atoms with E-state index in [9.17, 15) is 4.21 Å². The van der Waals surface area contributed by atoms with Crippen LogP contribution in [0.1, 0.15) is 0 Å². The molecular formula is ClNO3S. The third kappa shape index (κ3) is 3.84. The molecule has 6 heteroatoms. The van der Waals surface area contributed by atoms with Crippen molar-refractivity contribution in [2.75, 3.05) is 0 Å². The van der Waals surface area contributed by atoms with Crippen LogP contribution in [0.15, 0.2) is 5.34 Å². The molecule has 0 heterocycles. The van der Waals surface area contributed by atoms with E-state index in [1.807, 2.05) is 0 Å². The SMILES string of the molecule is O=NOS(=O)Cl. The summed E-state index contributed by atoms with van der Waals surface area (Å²) in [6.07, 6.45) is 0. The van der Waals surface area contributed by atoms with Crippen LogP contribution < -0.4 is 0 Å². The molecule has 1 atom stereocenters. The molecule has 0 aromatic heterocycles. The zero-order valence-corrected chi connectivity index (χ0v) is 4.03. The first-order valence-electron chi connectivity index (χ1n) is 0.853. The highest BCUT2D eigenvalue weighted by molar-refractivity contribution is 8.04. The quantitative estimate of drug-likeness (QED) is 0.310. The highest BCUT2D eigenvalue weighted by atomic mass is 35.7. The number of nitrogens with zero attached hydrogens (tertiary/aromatic N) is 1. The van der Waals surface area contributed by atoms with E-state index in [1.54, 1.807) is 5.34 Å². The second kappa shape index (κ2) is 3.05. The van der Waals surface area contributed by atoms with Crippen LogP contribution in [-0.2, 0) is 14.6 Å². The molecule has 0 bridgehead atoms. The summed E-state index contributed by atoms with van der Waals surface area (Å²) in [6, 6.07) is 0. The van der Waals surface area contributed by atoms with E-state index in [0.29, 0.717) is 0 Å². The van der Waals surface area contributed by atoms with Gasteiger partial charge in [-0.3, -0.25) is 0 Å². The Balaban J connectivity index is 3.05. The van der Waals surface area contributed by atoms with Gasteiger partial charge in [0.05, 0.1) is 0 Å². The van der Waals surface area contributed by atoms with Gasteiger partial charge in [0.25, 0.3) is 0 Å². The second-order valence-corrected chi connectivity index (χ2v) is 1.64. The lowest BCUT2D eigenvalue weighted by Gasteiger charge is -1.73. The van der Waals surface area contributed by atoms with Crippen molar-refractivity contribution in [3.05, 3.63) is 4.91 Å². The van der Waals surface area contributed by atoms with Gasteiger partial charge in [-0.25, -0.2) is 4.28 Å². The van der Waals surface area contributed by atoms with Gasteiger partial charge in [0.1, 0.15) is 0 Å². The molecule has 0 aromatic rings. The Morgan fingerprint density at radius 3 is 2.33 bits per heavy atom. The van der Waals surface area contributed by atoms with Gasteiger partial charge in [-0.05, 0) is 0 Å². The lowest BCUT2D eigenvalue weighted by Crippen LogP contribution is -1.73. The summed E-state index contributed by atoms with van der Waals surface area (Å²) in [4.78, 5) is 8.87. The monoisotopic (exact) mass is 129 g/mol. The van der Waals surface area contributed by atoms with E-state index in [1.165, 1.54) is 0 Å². The van der Waals surface area contributed by atoms with Crippen LogP contribution in [0.25, 0.3) is 0 Å². The lowest BCUT2D eigenvalue weighted by molar-refractivity contribution is 0.376. The van der Waals surface area contributed by atoms with Gasteiger partial charge < -0.3 is 0 Å². The summed E-state index contributed by atoms with van der Waals surface area (Å²) in [5.41, 5.74) is 0. The molecule has 0 spiro atoms. The Labute approximate surface area is 40.5 Å². The summed E-state index contributed by atoms with van der Waals surface area (Å²) in [7, 11) is 2.46. The van der Waals surface area contributed by atoms with Crippen molar-refractivity contribution >= 4 is 21.0 Å². The molecule has 0 aliphatic heterocycles. The molecule has 4 nitrogen and oxygen atoms in total. The maximum Gasteiger partial charge on any atom is 0.333 e. The summed E-state index contributed by atoms with van der Waals surface area (Å²) in [5.74, 6) is 0. The van der Waals surface area contributed by atoms with E-state index in [-0.39, 0.29) is 0 Å². The summed E-state index contributed by atoms with van der Waals surface area (Å²) >= 11 is 0. The Hall–Kier alpha value is -0.160. The summed E-state index contributed by atoms with van der Waals surface area (Å²) in [6.45, 7) is 0. The van der Waals surface area contributed by atoms with Crippen molar-refractivity contribution in [3.8, 4) is 0 Å². The third-order valence-electron chi connectivity index (χ3n) is 0.0890. The topological polar surface area (TPSA) is 55.7 Å². The molecular weight excluding hydrogens is 130 g/mol. The van der Waals surface area contributed by atoms with Gasteiger partial charge in [-0.1, -0.05) is 0 Å². The maximum atomic E-state index is 9.40. The van der Waals surface area contributed by atoms with Crippen LogP contribution in [0.4, 0.5) is 0 Å². The van der Waals surface area contributed by atoms with E-state index in [0.717, 1.165) is 0 Å². The summed E-state index contributed by atoms with van der Waals surface area (Å²) in [5, 5.41) is 1.75. The van der Waals surface area contributed by atoms with E-state index in [2.05, 4.69) is 15.0 Å². The van der Waals surface area contributed by atoms with Crippen LogP contribution in [0, 0.1) is 4.91 Å². The van der Waals surface area contributed by atoms with Crippen LogP contribution in [0.2, 0.25) is 0 Å². The molecule has 6 heavy (non-hydrogen) atoms. The molecule has 0 saturated heterocycles. The Bertz CT molecular complexity index is 71.2. The number of hydrogen-bond donors (Lipinski definition) is 0. The first kappa shape index (κ1) is 5.84. The maximum absolute atomic E-state index is 9.40. The van der Waals surface area contributed by atoms with E-state index < -0.39 is 10.3 Å². The Kier molecular flexibility index (Phi) is 2.97. The van der Waals surface area contributed by atoms with Gasteiger partial charge in [-0.15, -0.1) is 4.91 Å². The Morgan fingerprint density at radius 2 is 2.33 bits per heavy atom. The van der Waals surface area contributed by atoms with Crippen molar-refractivity contribution in [1.29, 1.82) is 0 Å². The van der Waals surface area contributed by atoms with Crippen molar-refractivity contribution < 1.29 is 8.49 Å². The fourth-order valence-corrected chi connectivity index (χ4v) is 0.141. The van der Waals surface area contributed by atoms with Crippen LogP contribution in [0.3, 0.4) is 0 Å². The van der Waals surface area contributed by atoms with Gasteiger partial charge in [0.15, 0.2) is 5.34 Å². The Morgan fingerprint density at radius 1 is 1.83 bits per heavy atom. The number of hydrogen-bond acceptors (Lipinski definition) is 4. The van der Waals surface area contributed by atoms with E-state index in [4.69, 9.17) is 4.91 Å². The molecule has 36 valence electrons. The molecule has 0 amide bonds. The molecule has 0 radical (unpaired) electrons. The van der Waals surface area contributed by atoms with Gasteiger partial charge in [0.2, 0.25) is 0 Å². The smallest absolute Gasteiger partial charge is 0.240 e. The van der Waals surface area contributed by atoms with Crippen molar-refractivity contribution in [1.82, 2.24) is 0 Å². The molecule has 0 fully saturated rings. The van der Waals surface area contributed by atoms with Gasteiger partial charge in [0, 0.05) is 10.7 Å². The minimum atomic E-state index is -2.07.